The van der Waals surface area contributed by atoms with Gasteiger partial charge in [-0.2, -0.15) is 0 Å². The van der Waals surface area contributed by atoms with E-state index in [4.69, 9.17) is 4.74 Å². The second-order valence-electron chi connectivity index (χ2n) is 6.58. The number of rotatable bonds is 6. The van der Waals surface area contributed by atoms with Crippen LogP contribution in [0.15, 0.2) is 48.5 Å². The molecule has 1 heterocycles. The highest BCUT2D eigenvalue weighted by Gasteiger charge is 2.23. The van der Waals surface area contributed by atoms with Crippen molar-refractivity contribution in [3.05, 3.63) is 65.5 Å². The molecule has 5 heteroatoms. The van der Waals surface area contributed by atoms with Crippen molar-refractivity contribution in [3.8, 4) is 0 Å². The smallest absolute Gasteiger partial charge is 0.322 e. The first-order valence-corrected chi connectivity index (χ1v) is 9.15. The molecule has 1 fully saturated rings. The Kier molecular flexibility index (Phi) is 6.23. The Hall–Kier alpha value is -2.40. The van der Waals surface area contributed by atoms with Gasteiger partial charge in [0.1, 0.15) is 5.82 Å². The molecule has 1 aliphatic heterocycles. The number of amides is 2. The summed E-state index contributed by atoms with van der Waals surface area (Å²) in [5, 5.41) is 3.02. The van der Waals surface area contributed by atoms with Crippen molar-refractivity contribution in [3.63, 3.8) is 0 Å². The minimum absolute atomic E-state index is 0.0580. The van der Waals surface area contributed by atoms with Crippen molar-refractivity contribution in [2.75, 3.05) is 18.5 Å². The van der Waals surface area contributed by atoms with E-state index in [9.17, 15) is 9.18 Å². The average Bonchev–Trinajstić information content (AvgIpc) is 3.16. The van der Waals surface area contributed by atoms with Crippen molar-refractivity contribution >= 4 is 11.7 Å². The van der Waals surface area contributed by atoms with Crippen molar-refractivity contribution in [1.29, 1.82) is 0 Å². The molecule has 1 unspecified atom stereocenters. The summed E-state index contributed by atoms with van der Waals surface area (Å²) < 4.78 is 18.9. The van der Waals surface area contributed by atoms with E-state index in [1.807, 2.05) is 24.3 Å². The maximum absolute atomic E-state index is 13.2. The topological polar surface area (TPSA) is 41.6 Å². The molecule has 1 aliphatic rings. The third-order valence-corrected chi connectivity index (χ3v) is 4.66. The Morgan fingerprint density at radius 1 is 1.23 bits per heavy atom. The largest absolute Gasteiger partial charge is 0.376 e. The Morgan fingerprint density at radius 2 is 2.00 bits per heavy atom. The van der Waals surface area contributed by atoms with Gasteiger partial charge in [-0.15, -0.1) is 0 Å². The van der Waals surface area contributed by atoms with Gasteiger partial charge in [0.15, 0.2) is 0 Å². The molecule has 3 rings (SSSR count). The first-order valence-electron chi connectivity index (χ1n) is 9.15. The first-order chi connectivity index (χ1) is 12.7. The van der Waals surface area contributed by atoms with Crippen molar-refractivity contribution in [1.82, 2.24) is 4.90 Å². The van der Waals surface area contributed by atoms with E-state index in [-0.39, 0.29) is 18.0 Å². The van der Waals surface area contributed by atoms with E-state index in [0.717, 1.165) is 42.7 Å². The Labute approximate surface area is 154 Å². The van der Waals surface area contributed by atoms with Gasteiger partial charge in [-0.1, -0.05) is 37.3 Å². The molecule has 4 nitrogen and oxygen atoms in total. The SMILES string of the molecule is CCc1ccccc1NC(=O)N(Cc1ccc(F)cc1)CC1CCCO1. The summed E-state index contributed by atoms with van der Waals surface area (Å²) in [7, 11) is 0. The lowest BCUT2D eigenvalue weighted by Gasteiger charge is -2.26. The van der Waals surface area contributed by atoms with E-state index in [0.29, 0.717) is 13.1 Å². The van der Waals surface area contributed by atoms with Gasteiger partial charge in [0, 0.05) is 25.4 Å². The molecule has 26 heavy (non-hydrogen) atoms. The standard InChI is InChI=1S/C21H25FN2O2/c1-2-17-6-3-4-8-20(17)23-21(25)24(15-19-7-5-13-26-19)14-16-9-11-18(22)12-10-16/h3-4,6,8-12,19H,2,5,7,13-15H2,1H3,(H,23,25). The molecule has 0 spiro atoms. The Bertz CT molecular complexity index is 727. The monoisotopic (exact) mass is 356 g/mol. The number of nitrogens with one attached hydrogen (secondary N) is 1. The number of nitrogens with zero attached hydrogens (tertiary/aromatic N) is 1. The third kappa shape index (κ3) is 4.82. The van der Waals surface area contributed by atoms with Crippen LogP contribution in [0, 0.1) is 5.82 Å². The zero-order valence-corrected chi connectivity index (χ0v) is 15.1. The van der Waals surface area contributed by atoms with Crippen LogP contribution in [0.3, 0.4) is 0 Å². The molecule has 0 aliphatic carbocycles. The van der Waals surface area contributed by atoms with E-state index in [2.05, 4.69) is 12.2 Å². The van der Waals surface area contributed by atoms with E-state index >= 15 is 0 Å². The number of carbonyl (C=O) groups is 1. The number of urea groups is 1. The molecule has 2 aromatic carbocycles. The molecule has 0 radical (unpaired) electrons. The predicted molar refractivity (Wildman–Crippen MR) is 101 cm³/mol. The normalized spacial score (nSPS) is 16.5. The van der Waals surface area contributed by atoms with Gasteiger partial charge in [0.2, 0.25) is 0 Å². The number of anilines is 1. The molecule has 0 aromatic heterocycles. The summed E-state index contributed by atoms with van der Waals surface area (Å²) in [5.41, 5.74) is 2.82. The first kappa shape index (κ1) is 18.4. The van der Waals surface area contributed by atoms with E-state index in [1.165, 1.54) is 12.1 Å². The molecule has 2 amide bonds. The summed E-state index contributed by atoms with van der Waals surface area (Å²) in [5.74, 6) is -0.277. The second kappa shape index (κ2) is 8.81. The summed E-state index contributed by atoms with van der Waals surface area (Å²) in [6.45, 7) is 3.75. The Balaban J connectivity index is 1.74. The molecule has 1 N–H and O–H groups in total. The average molecular weight is 356 g/mol. The molecule has 2 aromatic rings. The second-order valence-corrected chi connectivity index (χ2v) is 6.58. The van der Waals surface area contributed by atoms with E-state index < -0.39 is 0 Å². The lowest BCUT2D eigenvalue weighted by molar-refractivity contribution is 0.0819. The fourth-order valence-corrected chi connectivity index (χ4v) is 3.21. The Morgan fingerprint density at radius 3 is 2.69 bits per heavy atom. The number of para-hydroxylation sites is 1. The number of aryl methyl sites for hydroxylation is 1. The number of hydrogen-bond donors (Lipinski definition) is 1. The summed E-state index contributed by atoms with van der Waals surface area (Å²) in [4.78, 5) is 14.7. The van der Waals surface area contributed by atoms with Crippen LogP contribution in [-0.2, 0) is 17.7 Å². The zero-order valence-electron chi connectivity index (χ0n) is 15.1. The highest BCUT2D eigenvalue weighted by atomic mass is 19.1. The van der Waals surface area contributed by atoms with Crippen molar-refractivity contribution in [2.45, 2.75) is 38.8 Å². The van der Waals surface area contributed by atoms with Crippen LogP contribution in [0.1, 0.15) is 30.9 Å². The number of hydrogen-bond acceptors (Lipinski definition) is 2. The van der Waals surface area contributed by atoms with Crippen LogP contribution in [-0.4, -0.2) is 30.2 Å². The van der Waals surface area contributed by atoms with Gasteiger partial charge in [0.05, 0.1) is 6.10 Å². The number of ether oxygens (including phenoxy) is 1. The molecular formula is C21H25FN2O2. The molecule has 1 saturated heterocycles. The molecule has 138 valence electrons. The van der Waals surface area contributed by atoms with Gasteiger partial charge in [-0.3, -0.25) is 0 Å². The summed E-state index contributed by atoms with van der Waals surface area (Å²) in [6, 6.07) is 13.9. The van der Waals surface area contributed by atoms with Gasteiger partial charge in [-0.25, -0.2) is 9.18 Å². The van der Waals surface area contributed by atoms with Crippen LogP contribution in [0.25, 0.3) is 0 Å². The molecule has 0 bridgehead atoms. The highest BCUT2D eigenvalue weighted by molar-refractivity contribution is 5.90. The van der Waals surface area contributed by atoms with Gasteiger partial charge in [0.25, 0.3) is 0 Å². The van der Waals surface area contributed by atoms with Crippen molar-refractivity contribution < 1.29 is 13.9 Å². The van der Waals surface area contributed by atoms with Gasteiger partial charge < -0.3 is 15.0 Å². The molecular weight excluding hydrogens is 331 g/mol. The molecule has 1 atom stereocenters. The molecule has 0 saturated carbocycles. The fraction of sp³-hybridized carbons (Fsp3) is 0.381. The third-order valence-electron chi connectivity index (χ3n) is 4.66. The van der Waals surface area contributed by atoms with Gasteiger partial charge >= 0.3 is 6.03 Å². The maximum atomic E-state index is 13.2. The van der Waals surface area contributed by atoms with Crippen molar-refractivity contribution in [2.24, 2.45) is 0 Å². The van der Waals surface area contributed by atoms with Crippen LogP contribution < -0.4 is 5.32 Å². The van der Waals surface area contributed by atoms with Crippen LogP contribution in [0.4, 0.5) is 14.9 Å². The summed E-state index contributed by atoms with van der Waals surface area (Å²) >= 11 is 0. The minimum Gasteiger partial charge on any atom is -0.376 e. The zero-order chi connectivity index (χ0) is 18.4. The highest BCUT2D eigenvalue weighted by Crippen LogP contribution is 2.19. The fourth-order valence-electron chi connectivity index (χ4n) is 3.21. The maximum Gasteiger partial charge on any atom is 0.322 e. The quantitative estimate of drug-likeness (QED) is 0.822. The number of halogens is 1. The van der Waals surface area contributed by atoms with Crippen LogP contribution in [0.5, 0.6) is 0 Å². The summed E-state index contributed by atoms with van der Waals surface area (Å²) in [6.07, 6.45) is 2.89. The lowest BCUT2D eigenvalue weighted by atomic mass is 10.1. The predicted octanol–water partition coefficient (Wildman–Crippen LogP) is 4.60. The minimum atomic E-state index is -0.277. The van der Waals surface area contributed by atoms with Gasteiger partial charge in [-0.05, 0) is 48.6 Å². The number of carbonyl (C=O) groups excluding carboxylic acids is 1. The number of benzene rings is 2. The van der Waals surface area contributed by atoms with Crippen LogP contribution in [0.2, 0.25) is 0 Å². The van der Waals surface area contributed by atoms with Crippen LogP contribution >= 0.6 is 0 Å². The van der Waals surface area contributed by atoms with E-state index in [1.54, 1.807) is 17.0 Å². The lowest BCUT2D eigenvalue weighted by Crippen LogP contribution is -2.39.